The molecular weight excluding hydrogens is 290 g/mol. The van der Waals surface area contributed by atoms with Gasteiger partial charge in [0, 0.05) is 10.7 Å². The van der Waals surface area contributed by atoms with Gasteiger partial charge >= 0.3 is 0 Å². The van der Waals surface area contributed by atoms with Crippen LogP contribution in [0.4, 0.5) is 15.8 Å². The van der Waals surface area contributed by atoms with Crippen molar-refractivity contribution in [2.45, 2.75) is 0 Å². The zero-order chi connectivity index (χ0) is 14.0. The Bertz CT molecular complexity index is 647. The Morgan fingerprint density at radius 2 is 1.95 bits per heavy atom. The second-order valence-corrected chi connectivity index (χ2v) is 4.63. The highest BCUT2D eigenvalue weighted by Crippen LogP contribution is 2.24. The van der Waals surface area contributed by atoms with Crippen LogP contribution in [0.2, 0.25) is 10.0 Å². The summed E-state index contributed by atoms with van der Waals surface area (Å²) >= 11 is 11.4. The zero-order valence-corrected chi connectivity index (χ0v) is 11.1. The van der Waals surface area contributed by atoms with E-state index in [2.05, 4.69) is 5.32 Å². The fraction of sp³-hybridized carbons (Fsp3) is 0. The molecule has 0 bridgehead atoms. The summed E-state index contributed by atoms with van der Waals surface area (Å²) in [7, 11) is 0. The topological polar surface area (TPSA) is 55.1 Å². The number of halogens is 3. The molecule has 98 valence electrons. The molecule has 2 aromatic rings. The van der Waals surface area contributed by atoms with E-state index in [4.69, 9.17) is 28.9 Å². The lowest BCUT2D eigenvalue weighted by Crippen LogP contribution is -2.15. The highest BCUT2D eigenvalue weighted by Gasteiger charge is 2.14. The van der Waals surface area contributed by atoms with Crippen LogP contribution >= 0.6 is 23.2 Å². The Morgan fingerprint density at radius 3 is 2.68 bits per heavy atom. The summed E-state index contributed by atoms with van der Waals surface area (Å²) in [4.78, 5) is 12.0. The van der Waals surface area contributed by atoms with Crippen molar-refractivity contribution in [1.29, 1.82) is 0 Å². The Hall–Kier alpha value is -1.78. The molecule has 0 fully saturated rings. The van der Waals surface area contributed by atoms with E-state index >= 15 is 0 Å². The number of carbonyl (C=O) groups excluding carboxylic acids is 1. The van der Waals surface area contributed by atoms with Crippen molar-refractivity contribution >= 4 is 40.5 Å². The van der Waals surface area contributed by atoms with Crippen LogP contribution in [-0.2, 0) is 0 Å². The minimum Gasteiger partial charge on any atom is -0.398 e. The van der Waals surface area contributed by atoms with E-state index in [0.29, 0.717) is 5.02 Å². The van der Waals surface area contributed by atoms with Gasteiger partial charge < -0.3 is 11.1 Å². The molecule has 3 N–H and O–H groups in total. The van der Waals surface area contributed by atoms with Crippen molar-refractivity contribution in [3.63, 3.8) is 0 Å². The number of nitrogens with one attached hydrogen (secondary N) is 1. The lowest BCUT2D eigenvalue weighted by Gasteiger charge is -2.09. The molecule has 19 heavy (non-hydrogen) atoms. The van der Waals surface area contributed by atoms with Gasteiger partial charge in [-0.05, 0) is 30.3 Å². The monoisotopic (exact) mass is 298 g/mol. The van der Waals surface area contributed by atoms with Gasteiger partial charge in [-0.3, -0.25) is 4.79 Å². The average molecular weight is 299 g/mol. The molecule has 0 saturated carbocycles. The first-order valence-electron chi connectivity index (χ1n) is 5.29. The van der Waals surface area contributed by atoms with E-state index in [1.165, 1.54) is 30.3 Å². The molecule has 0 unspecified atom stereocenters. The predicted molar refractivity (Wildman–Crippen MR) is 75.2 cm³/mol. The van der Waals surface area contributed by atoms with Crippen LogP contribution in [-0.4, -0.2) is 5.91 Å². The smallest absolute Gasteiger partial charge is 0.257 e. The Labute approximate surface area is 119 Å². The van der Waals surface area contributed by atoms with Crippen molar-refractivity contribution < 1.29 is 9.18 Å². The lowest BCUT2D eigenvalue weighted by atomic mass is 10.1. The number of anilines is 2. The van der Waals surface area contributed by atoms with E-state index in [-0.39, 0.29) is 22.0 Å². The number of amides is 1. The molecular formula is C13H9Cl2FN2O. The molecule has 0 radical (unpaired) electrons. The van der Waals surface area contributed by atoms with E-state index in [1.807, 2.05) is 0 Å². The highest BCUT2D eigenvalue weighted by molar-refractivity contribution is 6.31. The fourth-order valence-electron chi connectivity index (χ4n) is 1.52. The normalized spacial score (nSPS) is 10.3. The van der Waals surface area contributed by atoms with Crippen molar-refractivity contribution in [1.82, 2.24) is 0 Å². The van der Waals surface area contributed by atoms with Crippen LogP contribution < -0.4 is 11.1 Å². The molecule has 1 amide bonds. The van der Waals surface area contributed by atoms with Crippen molar-refractivity contribution in [2.24, 2.45) is 0 Å². The van der Waals surface area contributed by atoms with Crippen LogP contribution in [0, 0.1) is 5.82 Å². The molecule has 0 aliphatic heterocycles. The zero-order valence-electron chi connectivity index (χ0n) is 9.58. The van der Waals surface area contributed by atoms with Crippen LogP contribution in [0.5, 0.6) is 0 Å². The highest BCUT2D eigenvalue weighted by atomic mass is 35.5. The van der Waals surface area contributed by atoms with Gasteiger partial charge in [0.25, 0.3) is 5.91 Å². The molecule has 2 aromatic carbocycles. The fourth-order valence-corrected chi connectivity index (χ4v) is 1.86. The predicted octanol–water partition coefficient (Wildman–Crippen LogP) is 3.97. The van der Waals surface area contributed by atoms with Gasteiger partial charge in [0.2, 0.25) is 0 Å². The maximum absolute atomic E-state index is 13.7. The van der Waals surface area contributed by atoms with Crippen LogP contribution in [0.25, 0.3) is 0 Å². The number of hydrogen-bond acceptors (Lipinski definition) is 2. The SMILES string of the molecule is Nc1ccc(Cl)cc1C(=O)Nc1cccc(Cl)c1F. The maximum atomic E-state index is 13.7. The number of carbonyl (C=O) groups is 1. The van der Waals surface area contributed by atoms with Gasteiger partial charge in [0.1, 0.15) is 0 Å². The summed E-state index contributed by atoms with van der Waals surface area (Å²) in [6, 6.07) is 8.80. The van der Waals surface area contributed by atoms with Gasteiger partial charge in [-0.2, -0.15) is 0 Å². The second kappa shape index (κ2) is 5.47. The van der Waals surface area contributed by atoms with Crippen LogP contribution in [0.15, 0.2) is 36.4 Å². The first kappa shape index (κ1) is 13.6. The van der Waals surface area contributed by atoms with Gasteiger partial charge in [-0.15, -0.1) is 0 Å². The van der Waals surface area contributed by atoms with Gasteiger partial charge in [-0.1, -0.05) is 29.3 Å². The van der Waals surface area contributed by atoms with Gasteiger partial charge in [0.05, 0.1) is 16.3 Å². The summed E-state index contributed by atoms with van der Waals surface area (Å²) in [5, 5.41) is 2.69. The number of hydrogen-bond donors (Lipinski definition) is 2. The minimum absolute atomic E-state index is 0.0168. The number of nitrogen functional groups attached to an aromatic ring is 1. The Kier molecular flexibility index (Phi) is 3.93. The largest absolute Gasteiger partial charge is 0.398 e. The summed E-state index contributed by atoms with van der Waals surface area (Å²) in [5.74, 6) is -1.25. The first-order valence-corrected chi connectivity index (χ1v) is 6.05. The van der Waals surface area contributed by atoms with E-state index in [1.54, 1.807) is 6.07 Å². The number of rotatable bonds is 2. The maximum Gasteiger partial charge on any atom is 0.257 e. The first-order chi connectivity index (χ1) is 8.99. The number of benzene rings is 2. The van der Waals surface area contributed by atoms with Crippen molar-refractivity contribution in [3.05, 3.63) is 57.8 Å². The molecule has 0 heterocycles. The Morgan fingerprint density at radius 1 is 1.21 bits per heavy atom. The van der Waals surface area contributed by atoms with Crippen molar-refractivity contribution in [3.8, 4) is 0 Å². The standard InChI is InChI=1S/C13H9Cl2FN2O/c14-7-4-5-10(17)8(6-7)13(19)18-11-3-1-2-9(15)12(11)16/h1-6H,17H2,(H,18,19). The van der Waals surface area contributed by atoms with Gasteiger partial charge in [0.15, 0.2) is 5.82 Å². The molecule has 0 aliphatic carbocycles. The molecule has 0 aliphatic rings. The Balaban J connectivity index is 2.31. The molecule has 2 rings (SSSR count). The van der Waals surface area contributed by atoms with E-state index in [9.17, 15) is 9.18 Å². The molecule has 6 heteroatoms. The summed E-state index contributed by atoms with van der Waals surface area (Å²) < 4.78 is 13.7. The third-order valence-electron chi connectivity index (χ3n) is 2.46. The summed E-state index contributed by atoms with van der Waals surface area (Å²) in [6.45, 7) is 0. The molecule has 0 saturated heterocycles. The molecule has 3 nitrogen and oxygen atoms in total. The van der Waals surface area contributed by atoms with Crippen LogP contribution in [0.1, 0.15) is 10.4 Å². The quantitative estimate of drug-likeness (QED) is 0.824. The van der Waals surface area contributed by atoms with Gasteiger partial charge in [-0.25, -0.2) is 4.39 Å². The third-order valence-corrected chi connectivity index (χ3v) is 2.99. The molecule has 0 spiro atoms. The third kappa shape index (κ3) is 2.97. The van der Waals surface area contributed by atoms with Crippen molar-refractivity contribution in [2.75, 3.05) is 11.1 Å². The van der Waals surface area contributed by atoms with Crippen LogP contribution in [0.3, 0.4) is 0 Å². The molecule has 0 aromatic heterocycles. The average Bonchev–Trinajstić information content (AvgIpc) is 2.38. The lowest BCUT2D eigenvalue weighted by molar-refractivity contribution is 0.102. The van der Waals surface area contributed by atoms with E-state index < -0.39 is 11.7 Å². The second-order valence-electron chi connectivity index (χ2n) is 3.79. The summed E-state index contributed by atoms with van der Waals surface area (Å²) in [5.41, 5.74) is 6.08. The number of nitrogens with two attached hydrogens (primary N) is 1. The van der Waals surface area contributed by atoms with E-state index in [0.717, 1.165) is 0 Å². The summed E-state index contributed by atoms with van der Waals surface area (Å²) in [6.07, 6.45) is 0. The molecule has 0 atom stereocenters. The minimum atomic E-state index is -0.696.